The fraction of sp³-hybridized carbons (Fsp3) is 0.500. The smallest absolute Gasteiger partial charge is 0.237 e. The van der Waals surface area contributed by atoms with E-state index in [0.29, 0.717) is 12.3 Å². The Morgan fingerprint density at radius 1 is 1.44 bits per heavy atom. The number of phenols is 1. The first-order chi connectivity index (χ1) is 8.56. The van der Waals surface area contributed by atoms with E-state index in [-0.39, 0.29) is 17.7 Å². The lowest BCUT2D eigenvalue weighted by Gasteiger charge is -2.17. The number of phenolic OH excluding ortho intramolecular Hbond substituents is 1. The number of benzene rings is 1. The van der Waals surface area contributed by atoms with E-state index in [1.54, 1.807) is 24.3 Å². The van der Waals surface area contributed by atoms with Crippen molar-refractivity contribution in [3.8, 4) is 5.75 Å². The number of amides is 1. The largest absolute Gasteiger partial charge is 0.508 e. The highest BCUT2D eigenvalue weighted by atomic mass is 16.3. The van der Waals surface area contributed by atoms with Crippen LogP contribution in [0.3, 0.4) is 0 Å². The Morgan fingerprint density at radius 3 is 2.61 bits per heavy atom. The lowest BCUT2D eigenvalue weighted by atomic mass is 10.1. The van der Waals surface area contributed by atoms with Crippen molar-refractivity contribution in [3.63, 3.8) is 0 Å². The summed E-state index contributed by atoms with van der Waals surface area (Å²) in [5.41, 5.74) is 6.83. The average Bonchev–Trinajstić information content (AvgIpc) is 3.16. The Hall–Kier alpha value is -1.55. The molecule has 1 aromatic carbocycles. The van der Waals surface area contributed by atoms with Crippen LogP contribution in [0.2, 0.25) is 0 Å². The molecule has 4 N–H and O–H groups in total. The summed E-state index contributed by atoms with van der Waals surface area (Å²) in [5, 5.41) is 12.1. The third kappa shape index (κ3) is 3.47. The van der Waals surface area contributed by atoms with Crippen LogP contribution in [0.15, 0.2) is 24.3 Å². The standard InChI is InChI=1S/C14H20N2O2/c1-9(11-4-5-11)16-14(18)13(15)8-10-2-6-12(17)7-3-10/h2-3,6-7,9,11,13,17H,4-5,8,15H2,1H3,(H,16,18)/t9?,13-/m1/s1. The van der Waals surface area contributed by atoms with Crippen LogP contribution in [0, 0.1) is 5.92 Å². The van der Waals surface area contributed by atoms with Crippen LogP contribution in [0.5, 0.6) is 5.75 Å². The second-order valence-corrected chi connectivity index (χ2v) is 5.11. The van der Waals surface area contributed by atoms with Gasteiger partial charge in [0.05, 0.1) is 6.04 Å². The van der Waals surface area contributed by atoms with E-state index in [1.165, 1.54) is 12.8 Å². The minimum atomic E-state index is -0.532. The first-order valence-corrected chi connectivity index (χ1v) is 6.40. The zero-order chi connectivity index (χ0) is 13.1. The summed E-state index contributed by atoms with van der Waals surface area (Å²) in [6.07, 6.45) is 2.90. The monoisotopic (exact) mass is 248 g/mol. The van der Waals surface area contributed by atoms with Gasteiger partial charge in [0.15, 0.2) is 0 Å². The summed E-state index contributed by atoms with van der Waals surface area (Å²) in [7, 11) is 0. The van der Waals surface area contributed by atoms with Crippen molar-refractivity contribution in [2.75, 3.05) is 0 Å². The second-order valence-electron chi connectivity index (χ2n) is 5.11. The molecule has 0 spiro atoms. The zero-order valence-corrected chi connectivity index (χ0v) is 10.6. The molecule has 2 rings (SSSR count). The zero-order valence-electron chi connectivity index (χ0n) is 10.6. The maximum absolute atomic E-state index is 11.9. The number of nitrogens with one attached hydrogen (secondary N) is 1. The molecule has 1 fully saturated rings. The van der Waals surface area contributed by atoms with Gasteiger partial charge in [0.25, 0.3) is 0 Å². The fourth-order valence-corrected chi connectivity index (χ4v) is 2.02. The van der Waals surface area contributed by atoms with Gasteiger partial charge in [-0.1, -0.05) is 12.1 Å². The summed E-state index contributed by atoms with van der Waals surface area (Å²) in [4.78, 5) is 11.9. The van der Waals surface area contributed by atoms with Gasteiger partial charge in [-0.25, -0.2) is 0 Å². The van der Waals surface area contributed by atoms with E-state index in [2.05, 4.69) is 5.32 Å². The van der Waals surface area contributed by atoms with Crippen molar-refractivity contribution in [1.82, 2.24) is 5.32 Å². The lowest BCUT2D eigenvalue weighted by Crippen LogP contribution is -2.46. The highest BCUT2D eigenvalue weighted by Crippen LogP contribution is 2.32. The number of carbonyl (C=O) groups excluding carboxylic acids is 1. The van der Waals surface area contributed by atoms with Gasteiger partial charge in [0.2, 0.25) is 5.91 Å². The van der Waals surface area contributed by atoms with E-state index in [4.69, 9.17) is 5.73 Å². The quantitative estimate of drug-likeness (QED) is 0.732. The third-order valence-corrected chi connectivity index (χ3v) is 3.43. The number of rotatable bonds is 5. The van der Waals surface area contributed by atoms with Gasteiger partial charge in [-0.2, -0.15) is 0 Å². The van der Waals surface area contributed by atoms with Gasteiger partial charge in [0.1, 0.15) is 5.75 Å². The molecule has 0 aromatic heterocycles. The number of hydrogen-bond donors (Lipinski definition) is 3. The van der Waals surface area contributed by atoms with Crippen LogP contribution >= 0.6 is 0 Å². The summed E-state index contributed by atoms with van der Waals surface area (Å²) in [5.74, 6) is 0.761. The Bertz CT molecular complexity index is 412. The minimum Gasteiger partial charge on any atom is -0.508 e. The predicted octanol–water partition coefficient (Wildman–Crippen LogP) is 1.18. The summed E-state index contributed by atoms with van der Waals surface area (Å²) < 4.78 is 0. The Kier molecular flexibility index (Phi) is 3.87. The van der Waals surface area contributed by atoms with Crippen LogP contribution in [-0.2, 0) is 11.2 Å². The van der Waals surface area contributed by atoms with Gasteiger partial charge in [-0.05, 0) is 49.8 Å². The molecule has 1 aliphatic carbocycles. The number of carbonyl (C=O) groups is 1. The molecule has 0 radical (unpaired) electrons. The molecule has 1 saturated carbocycles. The Morgan fingerprint density at radius 2 is 2.06 bits per heavy atom. The summed E-state index contributed by atoms with van der Waals surface area (Å²) >= 11 is 0. The molecule has 0 aliphatic heterocycles. The number of nitrogens with two attached hydrogens (primary N) is 1. The highest BCUT2D eigenvalue weighted by molar-refractivity contribution is 5.82. The van der Waals surface area contributed by atoms with Gasteiger partial charge in [0, 0.05) is 6.04 Å². The van der Waals surface area contributed by atoms with Gasteiger partial charge < -0.3 is 16.2 Å². The van der Waals surface area contributed by atoms with E-state index in [0.717, 1.165) is 5.56 Å². The minimum absolute atomic E-state index is 0.0949. The van der Waals surface area contributed by atoms with Crippen molar-refractivity contribution in [2.24, 2.45) is 11.7 Å². The van der Waals surface area contributed by atoms with Crippen LogP contribution in [0.1, 0.15) is 25.3 Å². The fourth-order valence-electron chi connectivity index (χ4n) is 2.02. The molecule has 0 saturated heterocycles. The number of hydrogen-bond acceptors (Lipinski definition) is 3. The highest BCUT2D eigenvalue weighted by Gasteiger charge is 2.29. The SMILES string of the molecule is CC(NC(=O)[C@H](N)Cc1ccc(O)cc1)C1CC1. The maximum Gasteiger partial charge on any atom is 0.237 e. The molecule has 2 atom stereocenters. The Labute approximate surface area is 107 Å². The molecule has 1 amide bonds. The van der Waals surface area contributed by atoms with Gasteiger partial charge in [-0.3, -0.25) is 4.79 Å². The van der Waals surface area contributed by atoms with Crippen LogP contribution in [0.4, 0.5) is 0 Å². The van der Waals surface area contributed by atoms with Crippen molar-refractivity contribution >= 4 is 5.91 Å². The third-order valence-electron chi connectivity index (χ3n) is 3.43. The molecule has 0 heterocycles. The van der Waals surface area contributed by atoms with Crippen molar-refractivity contribution in [2.45, 2.75) is 38.3 Å². The molecular formula is C14H20N2O2. The molecular weight excluding hydrogens is 228 g/mol. The molecule has 1 aromatic rings. The molecule has 1 unspecified atom stereocenters. The van der Waals surface area contributed by atoms with E-state index < -0.39 is 6.04 Å². The topological polar surface area (TPSA) is 75.4 Å². The summed E-state index contributed by atoms with van der Waals surface area (Å²) in [6.45, 7) is 2.03. The van der Waals surface area contributed by atoms with Crippen molar-refractivity contribution in [1.29, 1.82) is 0 Å². The molecule has 1 aliphatic rings. The molecule has 0 bridgehead atoms. The van der Waals surface area contributed by atoms with Crippen molar-refractivity contribution < 1.29 is 9.90 Å². The molecule has 4 heteroatoms. The van der Waals surface area contributed by atoms with E-state index >= 15 is 0 Å². The van der Waals surface area contributed by atoms with Gasteiger partial charge in [-0.15, -0.1) is 0 Å². The summed E-state index contributed by atoms with van der Waals surface area (Å²) in [6, 6.07) is 6.47. The molecule has 4 nitrogen and oxygen atoms in total. The van der Waals surface area contributed by atoms with E-state index in [9.17, 15) is 9.90 Å². The second kappa shape index (κ2) is 5.40. The predicted molar refractivity (Wildman–Crippen MR) is 70.1 cm³/mol. The van der Waals surface area contributed by atoms with Crippen molar-refractivity contribution in [3.05, 3.63) is 29.8 Å². The first kappa shape index (κ1) is 12.9. The average molecular weight is 248 g/mol. The van der Waals surface area contributed by atoms with E-state index in [1.807, 2.05) is 6.92 Å². The van der Waals surface area contributed by atoms with Crippen LogP contribution in [-0.4, -0.2) is 23.1 Å². The molecule has 98 valence electrons. The lowest BCUT2D eigenvalue weighted by molar-refractivity contribution is -0.123. The molecule has 18 heavy (non-hydrogen) atoms. The Balaban J connectivity index is 1.84. The number of aromatic hydroxyl groups is 1. The van der Waals surface area contributed by atoms with Crippen LogP contribution in [0.25, 0.3) is 0 Å². The first-order valence-electron chi connectivity index (χ1n) is 6.40. The van der Waals surface area contributed by atoms with Gasteiger partial charge >= 0.3 is 0 Å². The normalized spacial score (nSPS) is 18.1. The maximum atomic E-state index is 11.9. The van der Waals surface area contributed by atoms with Crippen LogP contribution < -0.4 is 11.1 Å².